The van der Waals surface area contributed by atoms with E-state index < -0.39 is 0 Å². The summed E-state index contributed by atoms with van der Waals surface area (Å²) in [6, 6.07) is 6.36. The molecule has 2 fully saturated rings. The lowest BCUT2D eigenvalue weighted by Gasteiger charge is -2.36. The molecule has 0 radical (unpaired) electrons. The molecule has 19 heavy (non-hydrogen) atoms. The monoisotopic (exact) mass is 261 g/mol. The Balaban J connectivity index is 1.87. The van der Waals surface area contributed by atoms with Gasteiger partial charge in [-0.2, -0.15) is 0 Å². The Hall–Kier alpha value is -1.26. The van der Waals surface area contributed by atoms with Crippen LogP contribution in [0.5, 0.6) is 0 Å². The largest absolute Gasteiger partial charge is 0.399 e. The maximum atomic E-state index is 5.98. The van der Waals surface area contributed by atoms with Crippen molar-refractivity contribution in [1.29, 1.82) is 0 Å². The van der Waals surface area contributed by atoms with E-state index in [2.05, 4.69) is 29.0 Å². The maximum Gasteiger partial charge on any atom is 0.0536 e. The second-order valence-electron chi connectivity index (χ2n) is 5.67. The van der Waals surface area contributed by atoms with E-state index in [4.69, 9.17) is 10.5 Å². The average Bonchev–Trinajstić information content (AvgIpc) is 2.94. The SMILES string of the molecule is CN1CCN(c2ccc(N)cc2C2CCOC2)CC1. The normalized spacial score (nSPS) is 24.9. The molecule has 2 heterocycles. The zero-order valence-corrected chi connectivity index (χ0v) is 11.6. The van der Waals surface area contributed by atoms with Crippen molar-refractivity contribution < 1.29 is 4.74 Å². The van der Waals surface area contributed by atoms with Crippen molar-refractivity contribution >= 4 is 11.4 Å². The number of benzene rings is 1. The van der Waals surface area contributed by atoms with Crippen LogP contribution in [-0.4, -0.2) is 51.3 Å². The van der Waals surface area contributed by atoms with Crippen molar-refractivity contribution in [2.45, 2.75) is 12.3 Å². The molecule has 2 aliphatic rings. The summed E-state index contributed by atoms with van der Waals surface area (Å²) >= 11 is 0. The minimum Gasteiger partial charge on any atom is -0.399 e. The van der Waals surface area contributed by atoms with Gasteiger partial charge in [-0.15, -0.1) is 0 Å². The van der Waals surface area contributed by atoms with E-state index in [0.717, 1.165) is 51.5 Å². The van der Waals surface area contributed by atoms with Crippen LogP contribution < -0.4 is 10.6 Å². The van der Waals surface area contributed by atoms with E-state index in [0.29, 0.717) is 5.92 Å². The molecule has 1 aromatic carbocycles. The van der Waals surface area contributed by atoms with Crippen LogP contribution in [0.2, 0.25) is 0 Å². The quantitative estimate of drug-likeness (QED) is 0.820. The van der Waals surface area contributed by atoms with Crippen molar-refractivity contribution in [2.24, 2.45) is 0 Å². The average molecular weight is 261 g/mol. The highest BCUT2D eigenvalue weighted by molar-refractivity contribution is 5.61. The molecule has 2 saturated heterocycles. The molecule has 0 spiro atoms. The van der Waals surface area contributed by atoms with Crippen LogP contribution in [0.4, 0.5) is 11.4 Å². The Morgan fingerprint density at radius 3 is 2.68 bits per heavy atom. The van der Waals surface area contributed by atoms with Crippen LogP contribution in [-0.2, 0) is 4.74 Å². The molecule has 0 aromatic heterocycles. The van der Waals surface area contributed by atoms with Gasteiger partial charge in [0.1, 0.15) is 0 Å². The van der Waals surface area contributed by atoms with Crippen LogP contribution in [0.15, 0.2) is 18.2 Å². The Morgan fingerprint density at radius 1 is 1.21 bits per heavy atom. The van der Waals surface area contributed by atoms with Gasteiger partial charge in [0.15, 0.2) is 0 Å². The highest BCUT2D eigenvalue weighted by Crippen LogP contribution is 2.34. The standard InChI is InChI=1S/C15H23N3O/c1-17-5-7-18(8-6-17)15-3-2-13(16)10-14(15)12-4-9-19-11-12/h2-3,10,12H,4-9,11,16H2,1H3. The van der Waals surface area contributed by atoms with Crippen LogP contribution in [0, 0.1) is 0 Å². The number of hydrogen-bond acceptors (Lipinski definition) is 4. The maximum absolute atomic E-state index is 5.98. The van der Waals surface area contributed by atoms with Crippen LogP contribution in [0.25, 0.3) is 0 Å². The molecular weight excluding hydrogens is 238 g/mol. The summed E-state index contributed by atoms with van der Waals surface area (Å²) in [5, 5.41) is 0. The number of nitrogens with zero attached hydrogens (tertiary/aromatic N) is 2. The zero-order valence-electron chi connectivity index (χ0n) is 11.6. The number of anilines is 2. The van der Waals surface area contributed by atoms with E-state index in [-0.39, 0.29) is 0 Å². The van der Waals surface area contributed by atoms with Crippen LogP contribution >= 0.6 is 0 Å². The molecule has 0 bridgehead atoms. The molecule has 2 aliphatic heterocycles. The number of rotatable bonds is 2. The van der Waals surface area contributed by atoms with Crippen LogP contribution in [0.1, 0.15) is 17.9 Å². The highest BCUT2D eigenvalue weighted by atomic mass is 16.5. The van der Waals surface area contributed by atoms with E-state index >= 15 is 0 Å². The van der Waals surface area contributed by atoms with Gasteiger partial charge in [-0.1, -0.05) is 0 Å². The summed E-state index contributed by atoms with van der Waals surface area (Å²) < 4.78 is 5.54. The third-order valence-corrected chi connectivity index (χ3v) is 4.27. The lowest BCUT2D eigenvalue weighted by atomic mass is 9.95. The first-order chi connectivity index (χ1) is 9.24. The Kier molecular flexibility index (Phi) is 3.62. The second kappa shape index (κ2) is 5.39. The molecule has 1 atom stereocenters. The molecule has 1 aromatic rings. The van der Waals surface area contributed by atoms with Gasteiger partial charge in [0.25, 0.3) is 0 Å². The molecule has 104 valence electrons. The van der Waals surface area contributed by atoms with Gasteiger partial charge in [0.2, 0.25) is 0 Å². The Bertz CT molecular complexity index is 435. The summed E-state index contributed by atoms with van der Waals surface area (Å²) in [7, 11) is 2.19. The molecule has 2 N–H and O–H groups in total. The van der Waals surface area contributed by atoms with Crippen molar-refractivity contribution in [3.8, 4) is 0 Å². The number of likely N-dealkylation sites (N-methyl/N-ethyl adjacent to an activating group) is 1. The van der Waals surface area contributed by atoms with Gasteiger partial charge in [-0.25, -0.2) is 0 Å². The fraction of sp³-hybridized carbons (Fsp3) is 0.600. The molecule has 4 heteroatoms. The van der Waals surface area contributed by atoms with E-state index in [1.54, 1.807) is 0 Å². The van der Waals surface area contributed by atoms with Gasteiger partial charge in [-0.05, 0) is 37.2 Å². The predicted molar refractivity (Wildman–Crippen MR) is 78.7 cm³/mol. The number of piperazine rings is 1. The lowest BCUT2D eigenvalue weighted by molar-refractivity contribution is 0.194. The number of nitrogens with two attached hydrogens (primary N) is 1. The second-order valence-corrected chi connectivity index (χ2v) is 5.67. The van der Waals surface area contributed by atoms with Gasteiger partial charge >= 0.3 is 0 Å². The fourth-order valence-corrected chi connectivity index (χ4v) is 3.02. The number of hydrogen-bond donors (Lipinski definition) is 1. The lowest BCUT2D eigenvalue weighted by Crippen LogP contribution is -2.44. The summed E-state index contributed by atoms with van der Waals surface area (Å²) in [5.41, 5.74) is 9.58. The van der Waals surface area contributed by atoms with Crippen LogP contribution in [0.3, 0.4) is 0 Å². The molecule has 3 rings (SSSR count). The van der Waals surface area contributed by atoms with Gasteiger partial charge in [0, 0.05) is 50.1 Å². The fourth-order valence-electron chi connectivity index (χ4n) is 3.02. The number of nitrogen functional groups attached to an aromatic ring is 1. The van der Waals surface area contributed by atoms with Gasteiger partial charge < -0.3 is 20.3 Å². The summed E-state index contributed by atoms with van der Waals surface area (Å²) in [4.78, 5) is 4.87. The van der Waals surface area contributed by atoms with Gasteiger partial charge in [0.05, 0.1) is 6.61 Å². The van der Waals surface area contributed by atoms with Crippen molar-refractivity contribution in [3.05, 3.63) is 23.8 Å². The van der Waals surface area contributed by atoms with E-state index in [1.807, 2.05) is 6.07 Å². The number of ether oxygens (including phenoxy) is 1. The third-order valence-electron chi connectivity index (χ3n) is 4.27. The van der Waals surface area contributed by atoms with Crippen molar-refractivity contribution in [3.63, 3.8) is 0 Å². The Labute approximate surface area is 115 Å². The molecule has 0 aliphatic carbocycles. The first-order valence-corrected chi connectivity index (χ1v) is 7.14. The van der Waals surface area contributed by atoms with E-state index in [1.165, 1.54) is 11.3 Å². The molecule has 0 amide bonds. The molecular formula is C15H23N3O. The molecule has 0 saturated carbocycles. The van der Waals surface area contributed by atoms with Crippen molar-refractivity contribution in [2.75, 3.05) is 57.1 Å². The topological polar surface area (TPSA) is 41.7 Å². The molecule has 1 unspecified atom stereocenters. The highest BCUT2D eigenvalue weighted by Gasteiger charge is 2.24. The first kappa shape index (κ1) is 12.8. The van der Waals surface area contributed by atoms with E-state index in [9.17, 15) is 0 Å². The first-order valence-electron chi connectivity index (χ1n) is 7.14. The summed E-state index contributed by atoms with van der Waals surface area (Å²) in [6.07, 6.45) is 1.12. The predicted octanol–water partition coefficient (Wildman–Crippen LogP) is 1.52. The minimum absolute atomic E-state index is 0.512. The van der Waals surface area contributed by atoms with Gasteiger partial charge in [-0.3, -0.25) is 0 Å². The third kappa shape index (κ3) is 2.69. The molecule has 4 nitrogen and oxygen atoms in total. The zero-order chi connectivity index (χ0) is 13.2. The smallest absolute Gasteiger partial charge is 0.0536 e. The Morgan fingerprint density at radius 2 is 2.00 bits per heavy atom. The summed E-state index contributed by atoms with van der Waals surface area (Å²) in [5.74, 6) is 0.512. The van der Waals surface area contributed by atoms with Crippen molar-refractivity contribution in [1.82, 2.24) is 4.90 Å². The summed E-state index contributed by atoms with van der Waals surface area (Å²) in [6.45, 7) is 6.17. The minimum atomic E-state index is 0.512.